The first kappa shape index (κ1) is 20.8. The Hall–Kier alpha value is -1.49. The number of thioether (sulfide) groups is 1. The Morgan fingerprint density at radius 3 is 2.62 bits per heavy atom. The Morgan fingerprint density at radius 1 is 1.31 bits per heavy atom. The van der Waals surface area contributed by atoms with Gasteiger partial charge in [0.25, 0.3) is 0 Å². The molecule has 2 atom stereocenters. The number of hydrogen-bond donors (Lipinski definition) is 0. The number of rotatable bonds is 8. The highest BCUT2D eigenvalue weighted by Crippen LogP contribution is 2.45. The third-order valence-corrected chi connectivity index (χ3v) is 6.49. The largest absolute Gasteiger partial charge is 0.346 e. The van der Waals surface area contributed by atoms with Crippen LogP contribution in [0, 0.1) is 12.8 Å². The summed E-state index contributed by atoms with van der Waals surface area (Å²) in [5.74, 6) is 0.795. The fraction of sp³-hybridized carbons (Fsp3) is 0.619. The van der Waals surface area contributed by atoms with E-state index in [0.717, 1.165) is 12.8 Å². The van der Waals surface area contributed by atoms with E-state index in [0.29, 0.717) is 25.4 Å². The Labute approximate surface area is 162 Å². The van der Waals surface area contributed by atoms with Crippen molar-refractivity contribution >= 4 is 23.6 Å². The minimum atomic E-state index is 0.0416. The van der Waals surface area contributed by atoms with Crippen molar-refractivity contribution in [2.45, 2.75) is 57.6 Å². The third kappa shape index (κ3) is 5.03. The molecule has 0 saturated carbocycles. The maximum Gasteiger partial charge on any atom is 0.236 e. The minimum Gasteiger partial charge on any atom is -0.346 e. The molecule has 1 aliphatic rings. The molecule has 26 heavy (non-hydrogen) atoms. The highest BCUT2D eigenvalue weighted by Gasteiger charge is 2.40. The number of aryl methyl sites for hydroxylation is 1. The summed E-state index contributed by atoms with van der Waals surface area (Å²) in [5, 5.41) is 0.130. The van der Waals surface area contributed by atoms with Crippen molar-refractivity contribution in [3.05, 3.63) is 35.4 Å². The number of amides is 2. The van der Waals surface area contributed by atoms with Gasteiger partial charge in [0, 0.05) is 26.6 Å². The van der Waals surface area contributed by atoms with Gasteiger partial charge in [0.1, 0.15) is 5.37 Å². The lowest BCUT2D eigenvalue weighted by atomic mass is 10.1. The minimum absolute atomic E-state index is 0.0416. The van der Waals surface area contributed by atoms with Crippen molar-refractivity contribution in [1.29, 1.82) is 0 Å². The van der Waals surface area contributed by atoms with Gasteiger partial charge in [-0.2, -0.15) is 0 Å². The quantitative estimate of drug-likeness (QED) is 0.681. The molecule has 0 spiro atoms. The molecule has 2 unspecified atom stereocenters. The monoisotopic (exact) mass is 376 g/mol. The van der Waals surface area contributed by atoms with Gasteiger partial charge < -0.3 is 9.80 Å². The second-order valence-corrected chi connectivity index (χ2v) is 8.83. The molecule has 0 aromatic heterocycles. The maximum absolute atomic E-state index is 12.8. The smallest absolute Gasteiger partial charge is 0.236 e. The molecule has 144 valence electrons. The molecule has 1 aliphatic heterocycles. The summed E-state index contributed by atoms with van der Waals surface area (Å²) >= 11 is 1.76. The summed E-state index contributed by atoms with van der Waals surface area (Å²) in [6, 6.07) is 8.32. The molecule has 0 aliphatic carbocycles. The Morgan fingerprint density at radius 2 is 2.00 bits per heavy atom. The van der Waals surface area contributed by atoms with Gasteiger partial charge in [-0.05, 0) is 36.8 Å². The van der Waals surface area contributed by atoms with E-state index in [-0.39, 0.29) is 22.4 Å². The van der Waals surface area contributed by atoms with Crippen LogP contribution in [0.4, 0.5) is 0 Å². The van der Waals surface area contributed by atoms with Gasteiger partial charge in [-0.25, -0.2) is 0 Å². The van der Waals surface area contributed by atoms with Gasteiger partial charge in [0.2, 0.25) is 11.8 Å². The van der Waals surface area contributed by atoms with Crippen molar-refractivity contribution in [3.63, 3.8) is 0 Å². The molecular weight excluding hydrogens is 344 g/mol. The second-order valence-electron chi connectivity index (χ2n) is 7.54. The second kappa shape index (κ2) is 9.45. The summed E-state index contributed by atoms with van der Waals surface area (Å²) in [5.41, 5.74) is 2.45. The SMILES string of the molecule is CCC1SC(c2ccccc2C)N(CCCN(C)C(=O)CC(C)C)C1=O. The van der Waals surface area contributed by atoms with Crippen LogP contribution in [0.5, 0.6) is 0 Å². The fourth-order valence-electron chi connectivity index (χ4n) is 3.30. The molecule has 2 rings (SSSR count). The summed E-state index contributed by atoms with van der Waals surface area (Å²) in [6.07, 6.45) is 2.25. The highest BCUT2D eigenvalue weighted by molar-refractivity contribution is 8.01. The van der Waals surface area contributed by atoms with Crippen LogP contribution in [0.15, 0.2) is 24.3 Å². The van der Waals surface area contributed by atoms with Crippen LogP contribution in [-0.4, -0.2) is 47.0 Å². The van der Waals surface area contributed by atoms with Gasteiger partial charge in [-0.1, -0.05) is 45.0 Å². The molecule has 1 saturated heterocycles. The molecule has 2 amide bonds. The molecule has 1 aromatic carbocycles. The van der Waals surface area contributed by atoms with Crippen molar-refractivity contribution in [2.75, 3.05) is 20.1 Å². The van der Waals surface area contributed by atoms with E-state index in [4.69, 9.17) is 0 Å². The van der Waals surface area contributed by atoms with E-state index in [9.17, 15) is 9.59 Å². The number of nitrogens with zero attached hydrogens (tertiary/aromatic N) is 2. The van der Waals surface area contributed by atoms with E-state index in [1.165, 1.54) is 11.1 Å². The van der Waals surface area contributed by atoms with Crippen molar-refractivity contribution in [3.8, 4) is 0 Å². The molecule has 1 fully saturated rings. The van der Waals surface area contributed by atoms with Crippen LogP contribution in [0.2, 0.25) is 0 Å². The zero-order valence-corrected chi connectivity index (χ0v) is 17.5. The Balaban J connectivity index is 2.01. The van der Waals surface area contributed by atoms with Crippen LogP contribution < -0.4 is 0 Å². The fourth-order valence-corrected chi connectivity index (χ4v) is 4.82. The van der Waals surface area contributed by atoms with Crippen LogP contribution in [0.3, 0.4) is 0 Å². The van der Waals surface area contributed by atoms with Crippen LogP contribution in [0.1, 0.15) is 56.5 Å². The van der Waals surface area contributed by atoms with Crippen molar-refractivity contribution < 1.29 is 9.59 Å². The van der Waals surface area contributed by atoms with E-state index in [1.54, 1.807) is 16.7 Å². The molecule has 1 heterocycles. The van der Waals surface area contributed by atoms with E-state index >= 15 is 0 Å². The van der Waals surface area contributed by atoms with Gasteiger partial charge in [0.05, 0.1) is 5.25 Å². The average Bonchev–Trinajstić information content (AvgIpc) is 2.90. The number of carbonyl (C=O) groups is 2. The predicted molar refractivity (Wildman–Crippen MR) is 109 cm³/mol. The van der Waals surface area contributed by atoms with Gasteiger partial charge in [0.15, 0.2) is 0 Å². The summed E-state index contributed by atoms with van der Waals surface area (Å²) in [6.45, 7) is 9.69. The van der Waals surface area contributed by atoms with Crippen LogP contribution in [0.25, 0.3) is 0 Å². The molecule has 0 radical (unpaired) electrons. The Bertz CT molecular complexity index is 632. The zero-order chi connectivity index (χ0) is 19.3. The molecular formula is C21H32N2O2S. The first-order valence-corrected chi connectivity index (χ1v) is 10.5. The van der Waals surface area contributed by atoms with E-state index in [1.807, 2.05) is 24.1 Å². The first-order chi connectivity index (χ1) is 12.3. The van der Waals surface area contributed by atoms with Gasteiger partial charge >= 0.3 is 0 Å². The summed E-state index contributed by atoms with van der Waals surface area (Å²) < 4.78 is 0. The number of benzene rings is 1. The lowest BCUT2D eigenvalue weighted by molar-refractivity contribution is -0.131. The number of hydrogen-bond acceptors (Lipinski definition) is 3. The molecule has 0 N–H and O–H groups in total. The standard InChI is InChI=1S/C21H32N2O2S/c1-6-18-20(25)23(13-9-12-22(5)19(24)14-15(2)3)21(26-18)17-11-8-7-10-16(17)4/h7-8,10-11,15,18,21H,6,9,12-14H2,1-5H3. The lowest BCUT2D eigenvalue weighted by Crippen LogP contribution is -2.35. The molecule has 0 bridgehead atoms. The highest BCUT2D eigenvalue weighted by atomic mass is 32.2. The van der Waals surface area contributed by atoms with E-state index < -0.39 is 0 Å². The summed E-state index contributed by atoms with van der Waals surface area (Å²) in [7, 11) is 1.86. The number of carbonyl (C=O) groups excluding carboxylic acids is 2. The molecule has 4 nitrogen and oxygen atoms in total. The van der Waals surface area contributed by atoms with Crippen molar-refractivity contribution in [1.82, 2.24) is 9.80 Å². The maximum atomic E-state index is 12.8. The Kier molecular flexibility index (Phi) is 7.56. The van der Waals surface area contributed by atoms with Gasteiger partial charge in [-0.3, -0.25) is 9.59 Å². The van der Waals surface area contributed by atoms with Gasteiger partial charge in [-0.15, -0.1) is 11.8 Å². The molecule has 1 aromatic rings. The lowest BCUT2D eigenvalue weighted by Gasteiger charge is -2.26. The average molecular weight is 377 g/mol. The first-order valence-electron chi connectivity index (χ1n) is 9.60. The van der Waals surface area contributed by atoms with E-state index in [2.05, 4.69) is 39.8 Å². The van der Waals surface area contributed by atoms with Crippen molar-refractivity contribution in [2.24, 2.45) is 5.92 Å². The van der Waals surface area contributed by atoms with Crippen LogP contribution >= 0.6 is 11.8 Å². The predicted octanol–water partition coefficient (Wildman–Crippen LogP) is 4.24. The zero-order valence-electron chi connectivity index (χ0n) is 16.7. The summed E-state index contributed by atoms with van der Waals surface area (Å²) in [4.78, 5) is 28.7. The third-order valence-electron chi connectivity index (χ3n) is 4.86. The molecule has 5 heteroatoms. The normalized spacial score (nSPS) is 20.1. The topological polar surface area (TPSA) is 40.6 Å². The van der Waals surface area contributed by atoms with Crippen LogP contribution in [-0.2, 0) is 9.59 Å².